The smallest absolute Gasteiger partial charge is 0.335 e. The van der Waals surface area contributed by atoms with Crippen LogP contribution in [-0.2, 0) is 19.4 Å². The summed E-state index contributed by atoms with van der Waals surface area (Å²) in [5.41, 5.74) is 4.21. The topological polar surface area (TPSA) is 67.2 Å². The molecule has 5 nitrogen and oxygen atoms in total. The van der Waals surface area contributed by atoms with Gasteiger partial charge in [-0.25, -0.2) is 9.48 Å². The number of halogens is 1. The van der Waals surface area contributed by atoms with Crippen LogP contribution >= 0.6 is 11.6 Å². The summed E-state index contributed by atoms with van der Waals surface area (Å²) in [7, 11) is 0. The molecule has 0 unspecified atom stereocenters. The number of aromatic nitrogens is 2. The molecule has 0 radical (unpaired) electrons. The summed E-state index contributed by atoms with van der Waals surface area (Å²) in [4.78, 5) is 11.2. The summed E-state index contributed by atoms with van der Waals surface area (Å²) in [6.45, 7) is 3.75. The van der Waals surface area contributed by atoms with Gasteiger partial charge in [-0.1, -0.05) is 18.5 Å². The molecule has 21 heavy (non-hydrogen) atoms. The minimum Gasteiger partial charge on any atom is -0.478 e. The van der Waals surface area contributed by atoms with E-state index in [0.29, 0.717) is 10.7 Å². The lowest BCUT2D eigenvalue weighted by Crippen LogP contribution is -2.25. The molecule has 0 atom stereocenters. The second-order valence-corrected chi connectivity index (χ2v) is 5.44. The van der Waals surface area contributed by atoms with Crippen molar-refractivity contribution in [2.75, 3.05) is 6.54 Å². The Labute approximate surface area is 127 Å². The van der Waals surface area contributed by atoms with Crippen LogP contribution in [0.5, 0.6) is 0 Å². The van der Waals surface area contributed by atoms with E-state index < -0.39 is 5.97 Å². The molecule has 110 valence electrons. The molecule has 3 rings (SSSR count). The van der Waals surface area contributed by atoms with Gasteiger partial charge in [-0.05, 0) is 24.6 Å². The number of carboxylic acid groups (broad SMARTS) is 1. The molecule has 1 aliphatic rings. The van der Waals surface area contributed by atoms with Crippen molar-refractivity contribution in [1.29, 1.82) is 0 Å². The highest BCUT2D eigenvalue weighted by Crippen LogP contribution is 2.27. The summed E-state index contributed by atoms with van der Waals surface area (Å²) in [6.07, 6.45) is 1.70. The van der Waals surface area contributed by atoms with Crippen molar-refractivity contribution >= 4 is 17.6 Å². The second kappa shape index (κ2) is 5.50. The third kappa shape index (κ3) is 2.43. The van der Waals surface area contributed by atoms with E-state index in [1.165, 1.54) is 11.6 Å². The minimum absolute atomic E-state index is 0.214. The molecule has 0 fully saturated rings. The first-order valence-corrected chi connectivity index (χ1v) is 7.33. The number of carboxylic acids is 1. The van der Waals surface area contributed by atoms with Gasteiger partial charge in [0.2, 0.25) is 0 Å². The maximum absolute atomic E-state index is 11.2. The van der Waals surface area contributed by atoms with Gasteiger partial charge in [0.05, 0.1) is 27.7 Å². The normalized spacial score (nSPS) is 14.0. The minimum atomic E-state index is -0.966. The van der Waals surface area contributed by atoms with Crippen LogP contribution < -0.4 is 5.32 Å². The Kier molecular flexibility index (Phi) is 3.69. The van der Waals surface area contributed by atoms with Gasteiger partial charge in [0.25, 0.3) is 0 Å². The zero-order valence-electron chi connectivity index (χ0n) is 11.7. The maximum Gasteiger partial charge on any atom is 0.335 e. The van der Waals surface area contributed by atoms with E-state index >= 15 is 0 Å². The second-order valence-electron chi connectivity index (χ2n) is 5.04. The Morgan fingerprint density at radius 1 is 1.52 bits per heavy atom. The van der Waals surface area contributed by atoms with Crippen molar-refractivity contribution < 1.29 is 9.90 Å². The van der Waals surface area contributed by atoms with Crippen molar-refractivity contribution in [2.24, 2.45) is 0 Å². The molecular weight excluding hydrogens is 290 g/mol. The highest BCUT2D eigenvalue weighted by Gasteiger charge is 2.22. The average molecular weight is 306 g/mol. The molecule has 0 saturated carbocycles. The van der Waals surface area contributed by atoms with E-state index in [0.717, 1.165) is 37.3 Å². The Balaban J connectivity index is 2.18. The average Bonchev–Trinajstić information content (AvgIpc) is 2.86. The molecule has 0 saturated heterocycles. The Morgan fingerprint density at radius 3 is 3.05 bits per heavy atom. The lowest BCUT2D eigenvalue weighted by molar-refractivity contribution is 0.0697. The van der Waals surface area contributed by atoms with Crippen LogP contribution in [0.3, 0.4) is 0 Å². The molecular formula is C15H16ClN3O2. The van der Waals surface area contributed by atoms with E-state index in [4.69, 9.17) is 16.7 Å². The number of carbonyl (C=O) groups is 1. The predicted octanol–water partition coefficient (Wildman–Crippen LogP) is 2.43. The maximum atomic E-state index is 11.2. The highest BCUT2D eigenvalue weighted by atomic mass is 35.5. The van der Waals surface area contributed by atoms with Crippen molar-refractivity contribution in [3.63, 3.8) is 0 Å². The van der Waals surface area contributed by atoms with Gasteiger partial charge < -0.3 is 10.4 Å². The van der Waals surface area contributed by atoms with Gasteiger partial charge in [-0.3, -0.25) is 0 Å². The van der Waals surface area contributed by atoms with E-state index in [2.05, 4.69) is 17.3 Å². The van der Waals surface area contributed by atoms with E-state index in [1.54, 1.807) is 12.1 Å². The van der Waals surface area contributed by atoms with Gasteiger partial charge in [-0.2, -0.15) is 5.10 Å². The fraction of sp³-hybridized carbons (Fsp3) is 0.333. The van der Waals surface area contributed by atoms with Crippen LogP contribution in [0.4, 0.5) is 0 Å². The largest absolute Gasteiger partial charge is 0.478 e. The zero-order chi connectivity index (χ0) is 15.0. The van der Waals surface area contributed by atoms with Crippen LogP contribution in [-0.4, -0.2) is 27.4 Å². The molecule has 2 N–H and O–H groups in total. The number of hydrogen-bond acceptors (Lipinski definition) is 3. The lowest BCUT2D eigenvalue weighted by atomic mass is 10.1. The SMILES string of the molecule is CCc1nn(-c2cc(C(=O)O)ccc2Cl)c2c1CNCC2. The molecule has 2 heterocycles. The van der Waals surface area contributed by atoms with Gasteiger partial charge in [0.1, 0.15) is 0 Å². The summed E-state index contributed by atoms with van der Waals surface area (Å²) in [5.74, 6) is -0.966. The Hall–Kier alpha value is -1.85. The molecule has 1 aromatic carbocycles. The van der Waals surface area contributed by atoms with Crippen LogP contribution in [0, 0.1) is 0 Å². The number of nitrogens with one attached hydrogen (secondary N) is 1. The van der Waals surface area contributed by atoms with Gasteiger partial charge in [0, 0.05) is 25.1 Å². The monoisotopic (exact) mass is 305 g/mol. The molecule has 2 aromatic rings. The first kappa shape index (κ1) is 14.1. The van der Waals surface area contributed by atoms with E-state index in [-0.39, 0.29) is 5.56 Å². The Bertz CT molecular complexity index is 709. The van der Waals surface area contributed by atoms with E-state index in [9.17, 15) is 4.79 Å². The number of hydrogen-bond donors (Lipinski definition) is 2. The molecule has 1 aliphatic heterocycles. The number of aromatic carboxylic acids is 1. The highest BCUT2D eigenvalue weighted by molar-refractivity contribution is 6.32. The van der Waals surface area contributed by atoms with Crippen LogP contribution in [0.2, 0.25) is 5.02 Å². The first-order chi connectivity index (χ1) is 10.1. The zero-order valence-corrected chi connectivity index (χ0v) is 12.4. The van der Waals surface area contributed by atoms with Gasteiger partial charge >= 0.3 is 5.97 Å². The van der Waals surface area contributed by atoms with Crippen molar-refractivity contribution in [3.8, 4) is 5.69 Å². The fourth-order valence-electron chi connectivity index (χ4n) is 2.71. The summed E-state index contributed by atoms with van der Waals surface area (Å²) in [5, 5.41) is 17.6. The number of nitrogens with zero attached hydrogens (tertiary/aromatic N) is 2. The first-order valence-electron chi connectivity index (χ1n) is 6.95. The molecule has 0 bridgehead atoms. The number of rotatable bonds is 3. The van der Waals surface area contributed by atoms with Crippen LogP contribution in [0.15, 0.2) is 18.2 Å². The van der Waals surface area contributed by atoms with Crippen molar-refractivity contribution in [1.82, 2.24) is 15.1 Å². The van der Waals surface area contributed by atoms with Crippen LogP contribution in [0.1, 0.15) is 34.2 Å². The van der Waals surface area contributed by atoms with Crippen LogP contribution in [0.25, 0.3) is 5.69 Å². The Morgan fingerprint density at radius 2 is 2.33 bits per heavy atom. The molecule has 0 amide bonds. The number of benzene rings is 1. The van der Waals surface area contributed by atoms with Gasteiger partial charge in [-0.15, -0.1) is 0 Å². The molecule has 0 aliphatic carbocycles. The predicted molar refractivity (Wildman–Crippen MR) is 80.3 cm³/mol. The third-order valence-electron chi connectivity index (χ3n) is 3.77. The molecule has 0 spiro atoms. The van der Waals surface area contributed by atoms with Crippen molar-refractivity contribution in [3.05, 3.63) is 45.7 Å². The van der Waals surface area contributed by atoms with Crippen molar-refractivity contribution in [2.45, 2.75) is 26.3 Å². The van der Waals surface area contributed by atoms with E-state index in [1.807, 2.05) is 4.68 Å². The standard InChI is InChI=1S/C15H16ClN3O2/c1-2-12-10-8-17-6-5-13(10)19(18-12)14-7-9(15(20)21)3-4-11(14)16/h3-4,7,17H,2,5-6,8H2,1H3,(H,20,21). The lowest BCUT2D eigenvalue weighted by Gasteiger charge is -2.16. The summed E-state index contributed by atoms with van der Waals surface area (Å²) in [6, 6.07) is 4.70. The van der Waals surface area contributed by atoms with Gasteiger partial charge in [0.15, 0.2) is 0 Å². The summed E-state index contributed by atoms with van der Waals surface area (Å²) < 4.78 is 1.81. The fourth-order valence-corrected chi connectivity index (χ4v) is 2.91. The third-order valence-corrected chi connectivity index (χ3v) is 4.09. The molecule has 6 heteroatoms. The quantitative estimate of drug-likeness (QED) is 0.914. The number of aryl methyl sites for hydroxylation is 1. The number of fused-ring (bicyclic) bond motifs is 1. The summed E-state index contributed by atoms with van der Waals surface area (Å²) >= 11 is 6.26. The molecule has 1 aromatic heterocycles.